The molecule has 0 aliphatic heterocycles. The molecule has 0 spiro atoms. The molecule has 0 fully saturated rings. The molecule has 7 heteroatoms. The Hall–Kier alpha value is -3.29. The second-order valence-electron chi connectivity index (χ2n) is 5.99. The Morgan fingerprint density at radius 3 is 2.48 bits per heavy atom. The number of benzene rings is 3. The van der Waals surface area contributed by atoms with Crippen LogP contribution in [0.4, 0.5) is 0 Å². The van der Waals surface area contributed by atoms with Crippen molar-refractivity contribution in [2.75, 3.05) is 0 Å². The molecule has 0 saturated heterocycles. The van der Waals surface area contributed by atoms with Gasteiger partial charge in [0.1, 0.15) is 5.75 Å². The highest BCUT2D eigenvalue weighted by Crippen LogP contribution is 2.19. The molecule has 0 aliphatic rings. The van der Waals surface area contributed by atoms with Crippen LogP contribution in [0, 0.1) is 0 Å². The molecule has 0 unspecified atom stereocenters. The Kier molecular flexibility index (Phi) is 6.89. The maximum Gasteiger partial charge on any atom is 0.344 e. The zero-order valence-electron chi connectivity index (χ0n) is 15.2. The van der Waals surface area contributed by atoms with Crippen LogP contribution in [-0.2, 0) is 4.79 Å². The number of hydrazone groups is 1. The highest BCUT2D eigenvalue weighted by molar-refractivity contribution is 9.10. The largest absolute Gasteiger partial charge is 0.423 e. The minimum absolute atomic E-state index is 0.338. The maximum absolute atomic E-state index is 12.3. The molecule has 3 aromatic rings. The van der Waals surface area contributed by atoms with Crippen LogP contribution in [-0.4, -0.2) is 23.2 Å². The number of amides is 1. The third-order valence-corrected chi connectivity index (χ3v) is 4.61. The Labute approximate surface area is 176 Å². The molecule has 146 valence electrons. The van der Waals surface area contributed by atoms with Gasteiger partial charge in [-0.1, -0.05) is 54.6 Å². The lowest BCUT2D eigenvalue weighted by molar-refractivity contribution is -0.129. The summed E-state index contributed by atoms with van der Waals surface area (Å²) in [7, 11) is 0. The fourth-order valence-electron chi connectivity index (χ4n) is 2.47. The molecule has 3 aromatic carbocycles. The van der Waals surface area contributed by atoms with Gasteiger partial charge >= 0.3 is 5.97 Å². The second kappa shape index (κ2) is 9.77. The van der Waals surface area contributed by atoms with Gasteiger partial charge in [-0.15, -0.1) is 0 Å². The number of nitrogens with zero attached hydrogens (tertiary/aromatic N) is 1. The number of rotatable bonds is 6. The molecule has 6 nitrogen and oxygen atoms in total. The molecule has 0 bridgehead atoms. The summed E-state index contributed by atoms with van der Waals surface area (Å²) in [4.78, 5) is 24.3. The number of nitrogens with one attached hydrogen (secondary N) is 1. The van der Waals surface area contributed by atoms with Gasteiger partial charge in [0.15, 0.2) is 6.10 Å². The average Bonchev–Trinajstić information content (AvgIpc) is 2.74. The first kappa shape index (κ1) is 20.4. The summed E-state index contributed by atoms with van der Waals surface area (Å²) in [5.41, 5.74) is 3.78. The lowest BCUT2D eigenvalue weighted by Gasteiger charge is -2.08. The first-order chi connectivity index (χ1) is 14.0. The van der Waals surface area contributed by atoms with E-state index in [4.69, 9.17) is 4.74 Å². The maximum atomic E-state index is 12.3. The molecule has 0 radical (unpaired) electrons. The van der Waals surface area contributed by atoms with Gasteiger partial charge in [0.05, 0.1) is 11.8 Å². The summed E-state index contributed by atoms with van der Waals surface area (Å²) in [6, 6.07) is 22.2. The van der Waals surface area contributed by atoms with E-state index in [1.807, 2.05) is 0 Å². The number of ether oxygens (including phenoxy) is 1. The van der Waals surface area contributed by atoms with Crippen molar-refractivity contribution >= 4 is 34.0 Å². The average molecular weight is 453 g/mol. The minimum atomic E-state index is -1.31. The summed E-state index contributed by atoms with van der Waals surface area (Å²) < 4.78 is 6.03. The number of hydrogen-bond donors (Lipinski definition) is 2. The van der Waals surface area contributed by atoms with Crippen molar-refractivity contribution in [1.82, 2.24) is 5.43 Å². The zero-order chi connectivity index (χ0) is 20.6. The van der Waals surface area contributed by atoms with Crippen LogP contribution in [0.15, 0.2) is 88.4 Å². The van der Waals surface area contributed by atoms with E-state index in [9.17, 15) is 14.7 Å². The van der Waals surface area contributed by atoms with E-state index in [1.165, 1.54) is 6.21 Å². The predicted octanol–water partition coefficient (Wildman–Crippen LogP) is 3.85. The van der Waals surface area contributed by atoms with Gasteiger partial charge in [-0.25, -0.2) is 10.2 Å². The van der Waals surface area contributed by atoms with Crippen molar-refractivity contribution in [3.8, 4) is 5.75 Å². The quantitative estimate of drug-likeness (QED) is 0.257. The molecule has 0 saturated carbocycles. The molecular weight excluding hydrogens is 436 g/mol. The standard InChI is InChI=1S/C22H17BrN2O4/c23-19-12-5-4-11-18(19)22(28)29-17-10-6-7-15(13-17)14-24-25-21(27)20(26)16-8-2-1-3-9-16/h1-14,20,26H,(H,25,27)/b24-14-/t20-/m0/s1. The van der Waals surface area contributed by atoms with Crippen LogP contribution < -0.4 is 10.2 Å². The summed E-state index contributed by atoms with van der Waals surface area (Å²) in [5, 5.41) is 13.9. The van der Waals surface area contributed by atoms with E-state index in [0.29, 0.717) is 26.9 Å². The second-order valence-corrected chi connectivity index (χ2v) is 6.84. The van der Waals surface area contributed by atoms with Gasteiger partial charge in [-0.3, -0.25) is 4.79 Å². The van der Waals surface area contributed by atoms with E-state index in [1.54, 1.807) is 78.9 Å². The number of esters is 1. The first-order valence-corrected chi connectivity index (χ1v) is 9.46. The topological polar surface area (TPSA) is 88.0 Å². The smallest absolute Gasteiger partial charge is 0.344 e. The van der Waals surface area contributed by atoms with Crippen molar-refractivity contribution in [2.24, 2.45) is 5.10 Å². The highest BCUT2D eigenvalue weighted by Gasteiger charge is 2.16. The lowest BCUT2D eigenvalue weighted by Crippen LogP contribution is -2.25. The Bertz CT molecular complexity index is 1040. The molecule has 29 heavy (non-hydrogen) atoms. The van der Waals surface area contributed by atoms with Gasteiger partial charge < -0.3 is 9.84 Å². The van der Waals surface area contributed by atoms with Gasteiger partial charge in [0.25, 0.3) is 5.91 Å². The normalized spacial score (nSPS) is 11.8. The Balaban J connectivity index is 1.61. The van der Waals surface area contributed by atoms with Crippen LogP contribution in [0.3, 0.4) is 0 Å². The van der Waals surface area contributed by atoms with Gasteiger partial charge in [-0.05, 0) is 51.3 Å². The van der Waals surface area contributed by atoms with Crippen LogP contribution >= 0.6 is 15.9 Å². The summed E-state index contributed by atoms with van der Waals surface area (Å²) >= 11 is 3.32. The predicted molar refractivity (Wildman–Crippen MR) is 113 cm³/mol. The highest BCUT2D eigenvalue weighted by atomic mass is 79.9. The first-order valence-electron chi connectivity index (χ1n) is 8.67. The fourth-order valence-corrected chi connectivity index (χ4v) is 2.91. The van der Waals surface area contributed by atoms with E-state index in [-0.39, 0.29) is 0 Å². The number of hydrogen-bond acceptors (Lipinski definition) is 5. The van der Waals surface area contributed by atoms with Gasteiger partial charge in [0.2, 0.25) is 0 Å². The van der Waals surface area contributed by atoms with Crippen LogP contribution in [0.1, 0.15) is 27.6 Å². The summed E-state index contributed by atoms with van der Waals surface area (Å²) in [6.07, 6.45) is 0.0794. The third-order valence-electron chi connectivity index (χ3n) is 3.91. The van der Waals surface area contributed by atoms with E-state index < -0.39 is 18.0 Å². The molecule has 1 atom stereocenters. The summed E-state index contributed by atoms with van der Waals surface area (Å²) in [6.45, 7) is 0. The van der Waals surface area contributed by atoms with E-state index in [0.717, 1.165) is 0 Å². The van der Waals surface area contributed by atoms with Crippen LogP contribution in [0.25, 0.3) is 0 Å². The SMILES string of the molecule is O=C(Oc1cccc(/C=N\NC(=O)[C@@H](O)c2ccccc2)c1)c1ccccc1Br. The summed E-state index contributed by atoms with van der Waals surface area (Å²) in [5.74, 6) is -0.805. The number of carbonyl (C=O) groups is 2. The number of aliphatic hydroxyl groups excluding tert-OH is 1. The lowest BCUT2D eigenvalue weighted by atomic mass is 10.1. The van der Waals surface area contributed by atoms with E-state index >= 15 is 0 Å². The van der Waals surface area contributed by atoms with Crippen LogP contribution in [0.5, 0.6) is 5.75 Å². The Morgan fingerprint density at radius 2 is 1.72 bits per heavy atom. The molecular formula is C22H17BrN2O4. The molecule has 0 aliphatic carbocycles. The van der Waals surface area contributed by atoms with Crippen molar-refractivity contribution in [2.45, 2.75) is 6.10 Å². The monoisotopic (exact) mass is 452 g/mol. The molecule has 3 rings (SSSR count). The van der Waals surface area contributed by atoms with Crippen molar-refractivity contribution in [3.05, 3.63) is 100 Å². The molecule has 1 amide bonds. The van der Waals surface area contributed by atoms with Crippen molar-refractivity contribution in [1.29, 1.82) is 0 Å². The number of halogens is 1. The molecule has 0 aromatic heterocycles. The zero-order valence-corrected chi connectivity index (χ0v) is 16.7. The van der Waals surface area contributed by atoms with Crippen molar-refractivity contribution < 1.29 is 19.4 Å². The third kappa shape index (κ3) is 5.60. The van der Waals surface area contributed by atoms with Crippen LogP contribution in [0.2, 0.25) is 0 Å². The fraction of sp³-hybridized carbons (Fsp3) is 0.0455. The number of aliphatic hydroxyl groups is 1. The Morgan fingerprint density at radius 1 is 1.00 bits per heavy atom. The van der Waals surface area contributed by atoms with Crippen molar-refractivity contribution in [3.63, 3.8) is 0 Å². The molecule has 2 N–H and O–H groups in total. The van der Waals surface area contributed by atoms with Gasteiger partial charge in [-0.2, -0.15) is 5.10 Å². The number of carbonyl (C=O) groups excluding carboxylic acids is 2. The minimum Gasteiger partial charge on any atom is -0.423 e. The van der Waals surface area contributed by atoms with E-state index in [2.05, 4.69) is 26.5 Å². The molecule has 0 heterocycles. The van der Waals surface area contributed by atoms with Gasteiger partial charge in [0, 0.05) is 4.47 Å².